The molecule has 1 aliphatic carbocycles. The molecule has 0 saturated heterocycles. The first-order valence-corrected chi connectivity index (χ1v) is 12.5. The maximum atomic E-state index is 13.2. The zero-order chi connectivity index (χ0) is 20.6. The molecule has 152 valence electrons. The highest BCUT2D eigenvalue weighted by atomic mass is 32.2. The van der Waals surface area contributed by atoms with Gasteiger partial charge in [-0.3, -0.25) is 9.10 Å². The Hall–Kier alpha value is -2.37. The molecule has 8 heteroatoms. The Balaban J connectivity index is 1.69. The Morgan fingerprint density at radius 3 is 2.72 bits per heavy atom. The van der Waals surface area contributed by atoms with E-state index in [1.165, 1.54) is 11.3 Å². The number of para-hydroxylation sites is 1. The second-order valence-corrected chi connectivity index (χ2v) is 10.5. The Bertz CT molecular complexity index is 1100. The van der Waals surface area contributed by atoms with Gasteiger partial charge in [0.2, 0.25) is 15.9 Å². The van der Waals surface area contributed by atoms with Gasteiger partial charge < -0.3 is 4.90 Å². The van der Waals surface area contributed by atoms with Gasteiger partial charge in [0.25, 0.3) is 0 Å². The first-order valence-electron chi connectivity index (χ1n) is 9.80. The van der Waals surface area contributed by atoms with Gasteiger partial charge in [-0.2, -0.15) is 5.26 Å². The lowest BCUT2D eigenvalue weighted by Crippen LogP contribution is -2.44. The maximum Gasteiger partial charge on any atom is 0.247 e. The number of amides is 1. The third-order valence-corrected chi connectivity index (χ3v) is 8.12. The van der Waals surface area contributed by atoms with Gasteiger partial charge in [-0.1, -0.05) is 18.2 Å². The van der Waals surface area contributed by atoms with Crippen LogP contribution in [0.3, 0.4) is 0 Å². The maximum absolute atomic E-state index is 13.2. The molecule has 0 radical (unpaired) electrons. The summed E-state index contributed by atoms with van der Waals surface area (Å²) in [4.78, 5) is 15.9. The van der Waals surface area contributed by atoms with Gasteiger partial charge in [-0.25, -0.2) is 8.42 Å². The van der Waals surface area contributed by atoms with E-state index >= 15 is 0 Å². The topological polar surface area (TPSA) is 81.5 Å². The van der Waals surface area contributed by atoms with Crippen LogP contribution in [0.25, 0.3) is 0 Å². The smallest absolute Gasteiger partial charge is 0.247 e. The van der Waals surface area contributed by atoms with Gasteiger partial charge in [0.05, 0.1) is 11.8 Å². The fraction of sp³-hybridized carbons (Fsp3) is 0.429. The van der Waals surface area contributed by atoms with E-state index in [-0.39, 0.29) is 12.5 Å². The summed E-state index contributed by atoms with van der Waals surface area (Å²) < 4.78 is 26.4. The summed E-state index contributed by atoms with van der Waals surface area (Å²) in [6, 6.07) is 9.95. The van der Waals surface area contributed by atoms with Crippen LogP contribution in [0, 0.1) is 11.3 Å². The normalized spacial score (nSPS) is 15.9. The van der Waals surface area contributed by atoms with Crippen molar-refractivity contribution in [1.29, 1.82) is 5.26 Å². The van der Waals surface area contributed by atoms with Crippen molar-refractivity contribution in [3.63, 3.8) is 0 Å². The minimum absolute atomic E-state index is 0.266. The van der Waals surface area contributed by atoms with Crippen LogP contribution in [0.1, 0.15) is 40.8 Å². The van der Waals surface area contributed by atoms with E-state index in [2.05, 4.69) is 6.07 Å². The minimum atomic E-state index is -3.72. The van der Waals surface area contributed by atoms with E-state index in [1.807, 2.05) is 24.3 Å². The number of sulfonamides is 1. The number of nitrogens with zero attached hydrogens (tertiary/aromatic N) is 3. The number of thiophene rings is 1. The molecule has 1 amide bonds. The van der Waals surface area contributed by atoms with Crippen molar-refractivity contribution in [3.05, 3.63) is 45.8 Å². The summed E-state index contributed by atoms with van der Waals surface area (Å²) in [6.07, 6.45) is 6.55. The number of carbonyl (C=O) groups excluding carboxylic acids is 1. The number of hydrogen-bond donors (Lipinski definition) is 0. The number of rotatable bonds is 4. The molecule has 2 aromatic rings. The molecule has 1 aromatic carbocycles. The van der Waals surface area contributed by atoms with Crippen molar-refractivity contribution >= 4 is 38.0 Å². The van der Waals surface area contributed by atoms with Crippen molar-refractivity contribution in [2.45, 2.75) is 38.5 Å². The monoisotopic (exact) mass is 429 g/mol. The quantitative estimate of drug-likeness (QED) is 0.747. The van der Waals surface area contributed by atoms with E-state index < -0.39 is 10.0 Å². The molecule has 0 atom stereocenters. The molecule has 1 aliphatic heterocycles. The third-order valence-electron chi connectivity index (χ3n) is 5.58. The zero-order valence-electron chi connectivity index (χ0n) is 16.3. The first kappa shape index (κ1) is 19.9. The molecule has 0 bridgehead atoms. The molecule has 29 heavy (non-hydrogen) atoms. The lowest BCUT2D eigenvalue weighted by molar-refractivity contribution is -0.117. The summed E-state index contributed by atoms with van der Waals surface area (Å²) in [5.74, 6) is -0.266. The standard InChI is InChI=1S/C21H23N3O3S2/c1-29(26,27)24(21-17(13-22)16-9-3-5-11-19(16)28-21)14-20(25)23-12-6-8-15-7-2-4-10-18(15)23/h2,4,7,10H,3,5-6,8-9,11-12,14H2,1H3. The second-order valence-electron chi connectivity index (χ2n) is 7.55. The van der Waals surface area contributed by atoms with Crippen molar-refractivity contribution in [1.82, 2.24) is 0 Å². The molecular weight excluding hydrogens is 406 g/mol. The number of anilines is 2. The SMILES string of the molecule is CS(=O)(=O)N(CC(=O)N1CCCc2ccccc21)c1sc2c(c1C#N)CCCC2. The van der Waals surface area contributed by atoms with E-state index in [1.54, 1.807) is 4.90 Å². The number of hydrogen-bond acceptors (Lipinski definition) is 5. The Morgan fingerprint density at radius 2 is 1.97 bits per heavy atom. The van der Waals surface area contributed by atoms with Crippen LogP contribution in [-0.4, -0.2) is 33.7 Å². The number of carbonyl (C=O) groups is 1. The molecule has 2 heterocycles. The summed E-state index contributed by atoms with van der Waals surface area (Å²) in [5.41, 5.74) is 3.33. The molecule has 0 fully saturated rings. The van der Waals surface area contributed by atoms with Crippen molar-refractivity contribution in [3.8, 4) is 6.07 Å². The predicted octanol–water partition coefficient (Wildman–Crippen LogP) is 3.24. The largest absolute Gasteiger partial charge is 0.311 e. The van der Waals surface area contributed by atoms with Crippen LogP contribution >= 0.6 is 11.3 Å². The zero-order valence-corrected chi connectivity index (χ0v) is 18.0. The van der Waals surface area contributed by atoms with Crippen LogP contribution in [-0.2, 0) is 34.1 Å². The van der Waals surface area contributed by atoms with Crippen molar-refractivity contribution < 1.29 is 13.2 Å². The molecular formula is C21H23N3O3S2. The Labute approximate surface area is 175 Å². The van der Waals surface area contributed by atoms with E-state index in [0.29, 0.717) is 17.1 Å². The van der Waals surface area contributed by atoms with Gasteiger partial charge in [-0.15, -0.1) is 11.3 Å². The molecule has 2 aliphatic rings. The van der Waals surface area contributed by atoms with Gasteiger partial charge in [0, 0.05) is 17.1 Å². The average molecular weight is 430 g/mol. The average Bonchev–Trinajstić information content (AvgIpc) is 3.08. The number of nitriles is 1. The summed E-state index contributed by atoms with van der Waals surface area (Å²) in [6.45, 7) is 0.279. The second kappa shape index (κ2) is 7.81. The van der Waals surface area contributed by atoms with E-state index in [9.17, 15) is 18.5 Å². The van der Waals surface area contributed by atoms with Gasteiger partial charge in [0.1, 0.15) is 17.6 Å². The highest BCUT2D eigenvalue weighted by Crippen LogP contribution is 2.40. The fourth-order valence-electron chi connectivity index (χ4n) is 4.18. The van der Waals surface area contributed by atoms with E-state index in [0.717, 1.165) is 70.8 Å². The van der Waals surface area contributed by atoms with Crippen molar-refractivity contribution in [2.24, 2.45) is 0 Å². The first-order chi connectivity index (χ1) is 13.9. The molecule has 6 nitrogen and oxygen atoms in total. The lowest BCUT2D eigenvalue weighted by atomic mass is 9.96. The molecule has 0 saturated carbocycles. The van der Waals surface area contributed by atoms with Gasteiger partial charge in [0.15, 0.2) is 0 Å². The molecule has 0 unspecified atom stereocenters. The fourth-order valence-corrected chi connectivity index (χ4v) is 6.68. The van der Waals surface area contributed by atoms with Crippen LogP contribution in [0.5, 0.6) is 0 Å². The van der Waals surface area contributed by atoms with Gasteiger partial charge in [-0.05, 0) is 55.7 Å². The Morgan fingerprint density at radius 1 is 1.21 bits per heavy atom. The summed E-state index contributed by atoms with van der Waals surface area (Å²) in [7, 11) is -3.72. The van der Waals surface area contributed by atoms with Crippen molar-refractivity contribution in [2.75, 3.05) is 28.6 Å². The third kappa shape index (κ3) is 3.77. The minimum Gasteiger partial charge on any atom is -0.311 e. The number of aryl methyl sites for hydroxylation is 2. The van der Waals surface area contributed by atoms with Crippen LogP contribution in [0.15, 0.2) is 24.3 Å². The number of fused-ring (bicyclic) bond motifs is 2. The Kier molecular flexibility index (Phi) is 5.36. The lowest BCUT2D eigenvalue weighted by Gasteiger charge is -2.31. The molecule has 4 rings (SSSR count). The highest BCUT2D eigenvalue weighted by Gasteiger charge is 2.32. The van der Waals surface area contributed by atoms with E-state index in [4.69, 9.17) is 0 Å². The van der Waals surface area contributed by atoms with Crippen LogP contribution in [0.2, 0.25) is 0 Å². The van der Waals surface area contributed by atoms with Crippen LogP contribution in [0.4, 0.5) is 10.7 Å². The molecule has 0 spiro atoms. The summed E-state index contributed by atoms with van der Waals surface area (Å²) in [5, 5.41) is 10.1. The molecule has 0 N–H and O–H groups in total. The van der Waals surface area contributed by atoms with Crippen LogP contribution < -0.4 is 9.21 Å². The number of benzene rings is 1. The molecule has 1 aromatic heterocycles. The summed E-state index contributed by atoms with van der Waals surface area (Å²) >= 11 is 1.35. The highest BCUT2D eigenvalue weighted by molar-refractivity contribution is 7.92. The predicted molar refractivity (Wildman–Crippen MR) is 115 cm³/mol. The van der Waals surface area contributed by atoms with Gasteiger partial charge >= 0.3 is 0 Å².